The Kier molecular flexibility index (Phi) is 4.85. The number of aromatic amines is 1. The van der Waals surface area contributed by atoms with Crippen molar-refractivity contribution < 1.29 is 9.53 Å². The highest BCUT2D eigenvalue weighted by Gasteiger charge is 2.25. The Bertz CT molecular complexity index is 706. The number of carbonyl (C=O) groups excluding carboxylic acids is 1. The van der Waals surface area contributed by atoms with Crippen LogP contribution in [0.1, 0.15) is 39.8 Å². The predicted molar refractivity (Wildman–Crippen MR) is 92.4 cm³/mol. The van der Waals surface area contributed by atoms with E-state index in [1.54, 1.807) is 7.11 Å². The zero-order valence-electron chi connectivity index (χ0n) is 14.4. The Morgan fingerprint density at radius 1 is 1.33 bits per heavy atom. The molecule has 6 nitrogen and oxygen atoms in total. The van der Waals surface area contributed by atoms with Crippen molar-refractivity contribution in [1.82, 2.24) is 20.4 Å². The van der Waals surface area contributed by atoms with Gasteiger partial charge in [-0.25, -0.2) is 0 Å². The summed E-state index contributed by atoms with van der Waals surface area (Å²) in [6, 6.07) is 7.70. The molecule has 24 heavy (non-hydrogen) atoms. The maximum absolute atomic E-state index is 12.7. The van der Waals surface area contributed by atoms with Crippen LogP contribution in [0.3, 0.4) is 0 Å². The van der Waals surface area contributed by atoms with Gasteiger partial charge in [0.15, 0.2) is 5.69 Å². The van der Waals surface area contributed by atoms with Crippen molar-refractivity contribution in [2.75, 3.05) is 27.7 Å². The maximum Gasteiger partial charge on any atom is 0.272 e. The zero-order chi connectivity index (χ0) is 17.1. The molecule has 1 atom stereocenters. The number of benzene rings is 1. The van der Waals surface area contributed by atoms with Crippen LogP contribution in [0.25, 0.3) is 0 Å². The Hall–Kier alpha value is -2.34. The molecular formula is C18H24N4O2. The highest BCUT2D eigenvalue weighted by molar-refractivity contribution is 5.94. The third-order valence-corrected chi connectivity index (χ3v) is 4.39. The number of fused-ring (bicyclic) bond motifs is 1. The minimum atomic E-state index is -0.114. The number of ether oxygens (including phenoxy) is 1. The first-order chi connectivity index (χ1) is 11.6. The normalized spacial score (nSPS) is 14.5. The summed E-state index contributed by atoms with van der Waals surface area (Å²) < 4.78 is 5.21. The van der Waals surface area contributed by atoms with E-state index in [-0.39, 0.29) is 11.9 Å². The summed E-state index contributed by atoms with van der Waals surface area (Å²) in [5, 5.41) is 10.3. The van der Waals surface area contributed by atoms with Gasteiger partial charge in [0.05, 0.1) is 13.2 Å². The molecule has 0 aliphatic heterocycles. The fraction of sp³-hybridized carbons (Fsp3) is 0.444. The van der Waals surface area contributed by atoms with E-state index in [1.165, 1.54) is 0 Å². The molecule has 128 valence electrons. The number of amides is 1. The lowest BCUT2D eigenvalue weighted by atomic mass is 10.1. The van der Waals surface area contributed by atoms with Crippen LogP contribution in [-0.2, 0) is 12.8 Å². The first-order valence-corrected chi connectivity index (χ1v) is 8.24. The quantitative estimate of drug-likeness (QED) is 0.850. The van der Waals surface area contributed by atoms with Crippen LogP contribution in [0.2, 0.25) is 0 Å². The fourth-order valence-electron chi connectivity index (χ4n) is 3.17. The molecule has 0 fully saturated rings. The highest BCUT2D eigenvalue weighted by atomic mass is 16.5. The summed E-state index contributed by atoms with van der Waals surface area (Å²) in [6.07, 6.45) is 2.99. The lowest BCUT2D eigenvalue weighted by molar-refractivity contribution is 0.0924. The number of rotatable bonds is 6. The van der Waals surface area contributed by atoms with Crippen molar-refractivity contribution in [2.24, 2.45) is 0 Å². The number of nitrogens with one attached hydrogen (secondary N) is 2. The molecule has 2 aromatic rings. The molecule has 1 amide bonds. The second kappa shape index (κ2) is 7.05. The molecule has 0 radical (unpaired) electrons. The van der Waals surface area contributed by atoms with E-state index in [9.17, 15) is 4.79 Å². The molecule has 3 rings (SSSR count). The molecule has 0 saturated carbocycles. The molecule has 6 heteroatoms. The first kappa shape index (κ1) is 16.5. The van der Waals surface area contributed by atoms with Gasteiger partial charge in [0.2, 0.25) is 0 Å². The van der Waals surface area contributed by atoms with Gasteiger partial charge in [0, 0.05) is 17.8 Å². The predicted octanol–water partition coefficient (Wildman–Crippen LogP) is 1.94. The number of H-pyrrole nitrogens is 1. The maximum atomic E-state index is 12.7. The van der Waals surface area contributed by atoms with Crippen LogP contribution in [-0.4, -0.2) is 48.8 Å². The molecule has 1 aliphatic carbocycles. The number of aryl methyl sites for hydroxylation is 1. The molecule has 1 heterocycles. The lowest BCUT2D eigenvalue weighted by Gasteiger charge is -2.23. The molecule has 1 aliphatic rings. The van der Waals surface area contributed by atoms with Crippen LogP contribution >= 0.6 is 0 Å². The Labute approximate surface area is 142 Å². The van der Waals surface area contributed by atoms with E-state index in [2.05, 4.69) is 20.4 Å². The topological polar surface area (TPSA) is 70.2 Å². The SMILES string of the molecule is COc1ccc([C@@H](CN(C)C)NC(=O)c2n[nH]c3c2CCC3)cc1. The molecule has 0 spiro atoms. The highest BCUT2D eigenvalue weighted by Crippen LogP contribution is 2.24. The number of nitrogens with zero attached hydrogens (tertiary/aromatic N) is 2. The molecule has 0 bridgehead atoms. The van der Waals surface area contributed by atoms with Gasteiger partial charge in [-0.2, -0.15) is 5.10 Å². The average molecular weight is 328 g/mol. The smallest absolute Gasteiger partial charge is 0.272 e. The number of hydrogen-bond donors (Lipinski definition) is 2. The number of hydrogen-bond acceptors (Lipinski definition) is 4. The van der Waals surface area contributed by atoms with Gasteiger partial charge >= 0.3 is 0 Å². The summed E-state index contributed by atoms with van der Waals surface area (Å²) in [6.45, 7) is 0.713. The first-order valence-electron chi connectivity index (χ1n) is 8.24. The summed E-state index contributed by atoms with van der Waals surface area (Å²) >= 11 is 0. The van der Waals surface area contributed by atoms with Crippen LogP contribution in [0.15, 0.2) is 24.3 Å². The van der Waals surface area contributed by atoms with Crippen LogP contribution in [0.5, 0.6) is 5.75 Å². The molecular weight excluding hydrogens is 304 g/mol. The Morgan fingerprint density at radius 3 is 2.75 bits per heavy atom. The molecule has 2 N–H and O–H groups in total. The van der Waals surface area contributed by atoms with Gasteiger partial charge in [-0.15, -0.1) is 0 Å². The third-order valence-electron chi connectivity index (χ3n) is 4.39. The van der Waals surface area contributed by atoms with Gasteiger partial charge in [0.1, 0.15) is 5.75 Å². The van der Waals surface area contributed by atoms with Gasteiger partial charge in [-0.1, -0.05) is 12.1 Å². The van der Waals surface area contributed by atoms with E-state index >= 15 is 0 Å². The summed E-state index contributed by atoms with van der Waals surface area (Å²) in [7, 11) is 5.64. The van der Waals surface area contributed by atoms with Gasteiger partial charge in [-0.05, 0) is 51.1 Å². The Balaban J connectivity index is 1.79. The van der Waals surface area contributed by atoms with E-state index in [0.29, 0.717) is 12.2 Å². The van der Waals surface area contributed by atoms with E-state index in [0.717, 1.165) is 41.8 Å². The monoisotopic (exact) mass is 328 g/mol. The molecule has 1 aromatic carbocycles. The van der Waals surface area contributed by atoms with Crippen molar-refractivity contribution in [2.45, 2.75) is 25.3 Å². The van der Waals surface area contributed by atoms with Crippen molar-refractivity contribution >= 4 is 5.91 Å². The zero-order valence-corrected chi connectivity index (χ0v) is 14.4. The fourth-order valence-corrected chi connectivity index (χ4v) is 3.17. The van der Waals surface area contributed by atoms with Crippen molar-refractivity contribution in [3.05, 3.63) is 46.8 Å². The van der Waals surface area contributed by atoms with Crippen molar-refractivity contribution in [1.29, 1.82) is 0 Å². The lowest BCUT2D eigenvalue weighted by Crippen LogP contribution is -2.35. The minimum Gasteiger partial charge on any atom is -0.497 e. The summed E-state index contributed by atoms with van der Waals surface area (Å²) in [5.74, 6) is 0.691. The van der Waals surface area contributed by atoms with Gasteiger partial charge in [-0.3, -0.25) is 9.89 Å². The van der Waals surface area contributed by atoms with E-state index in [1.807, 2.05) is 38.4 Å². The number of likely N-dealkylation sites (N-methyl/N-ethyl adjacent to an activating group) is 1. The number of methoxy groups -OCH3 is 1. The Morgan fingerprint density at radius 2 is 2.08 bits per heavy atom. The summed E-state index contributed by atoms with van der Waals surface area (Å²) in [4.78, 5) is 14.8. The summed E-state index contributed by atoms with van der Waals surface area (Å²) in [5.41, 5.74) is 3.77. The standard InChI is InChI=1S/C18H24N4O2/c1-22(2)11-16(12-7-9-13(24-3)10-8-12)19-18(23)17-14-5-4-6-15(14)20-21-17/h7-10,16H,4-6,11H2,1-3H3,(H,19,23)(H,20,21)/t16-/m1/s1. The van der Waals surface area contributed by atoms with E-state index in [4.69, 9.17) is 4.74 Å². The second-order valence-electron chi connectivity index (χ2n) is 6.44. The van der Waals surface area contributed by atoms with Crippen LogP contribution in [0, 0.1) is 0 Å². The number of aromatic nitrogens is 2. The third kappa shape index (κ3) is 3.43. The van der Waals surface area contributed by atoms with Crippen LogP contribution < -0.4 is 10.1 Å². The van der Waals surface area contributed by atoms with Gasteiger partial charge < -0.3 is 15.0 Å². The second-order valence-corrected chi connectivity index (χ2v) is 6.44. The molecule has 1 aromatic heterocycles. The van der Waals surface area contributed by atoms with Crippen molar-refractivity contribution in [3.63, 3.8) is 0 Å². The molecule has 0 unspecified atom stereocenters. The minimum absolute atomic E-state index is 0.104. The van der Waals surface area contributed by atoms with Crippen LogP contribution in [0.4, 0.5) is 0 Å². The average Bonchev–Trinajstić information content (AvgIpc) is 3.17. The molecule has 0 saturated heterocycles. The number of carbonyl (C=O) groups is 1. The van der Waals surface area contributed by atoms with Crippen molar-refractivity contribution in [3.8, 4) is 5.75 Å². The van der Waals surface area contributed by atoms with Gasteiger partial charge in [0.25, 0.3) is 5.91 Å². The van der Waals surface area contributed by atoms with E-state index < -0.39 is 0 Å². The largest absolute Gasteiger partial charge is 0.497 e.